The summed E-state index contributed by atoms with van der Waals surface area (Å²) >= 11 is 0. The molecule has 7 heteroatoms. The Bertz CT molecular complexity index is 210. The maximum atomic E-state index is 11.9. The molecular formula is C8H14F2N2O3. The van der Waals surface area contributed by atoms with Crippen molar-refractivity contribution in [3.8, 4) is 0 Å². The molecule has 1 fully saturated rings. The van der Waals surface area contributed by atoms with Gasteiger partial charge >= 0.3 is 6.03 Å². The fourth-order valence-corrected chi connectivity index (χ4v) is 1.16. The number of hydrogen-bond acceptors (Lipinski definition) is 3. The maximum absolute atomic E-state index is 11.9. The number of hydrogen-bond donors (Lipinski definition) is 2. The van der Waals surface area contributed by atoms with Gasteiger partial charge < -0.3 is 20.1 Å². The van der Waals surface area contributed by atoms with E-state index >= 15 is 0 Å². The quantitative estimate of drug-likeness (QED) is 0.689. The number of amides is 2. The van der Waals surface area contributed by atoms with Crippen molar-refractivity contribution in [1.82, 2.24) is 10.2 Å². The average molecular weight is 224 g/mol. The third-order valence-electron chi connectivity index (χ3n) is 2.05. The molecule has 0 aromatic heterocycles. The highest BCUT2D eigenvalue weighted by Crippen LogP contribution is 2.00. The van der Waals surface area contributed by atoms with Gasteiger partial charge in [0.15, 0.2) is 0 Å². The van der Waals surface area contributed by atoms with E-state index in [0.717, 1.165) is 0 Å². The number of carbonyl (C=O) groups is 1. The first-order valence-electron chi connectivity index (χ1n) is 4.68. The Kier molecular flexibility index (Phi) is 4.70. The molecule has 1 unspecified atom stereocenters. The van der Waals surface area contributed by atoms with Crippen molar-refractivity contribution in [2.24, 2.45) is 0 Å². The molecule has 1 heterocycles. The van der Waals surface area contributed by atoms with Crippen LogP contribution in [0.2, 0.25) is 0 Å². The van der Waals surface area contributed by atoms with E-state index in [1.54, 1.807) is 0 Å². The number of alkyl halides is 2. The molecule has 0 saturated carbocycles. The number of halogens is 2. The minimum atomic E-state index is -2.84. The lowest BCUT2D eigenvalue weighted by atomic mass is 10.3. The molecule has 0 aromatic carbocycles. The Labute approximate surface area is 86.0 Å². The Morgan fingerprint density at radius 1 is 1.47 bits per heavy atom. The van der Waals surface area contributed by atoms with Gasteiger partial charge in [0.25, 0.3) is 6.43 Å². The van der Waals surface area contributed by atoms with Crippen LogP contribution in [0.15, 0.2) is 0 Å². The molecule has 1 rings (SSSR count). The Morgan fingerprint density at radius 3 is 2.60 bits per heavy atom. The van der Waals surface area contributed by atoms with Gasteiger partial charge in [-0.05, 0) is 0 Å². The third-order valence-corrected chi connectivity index (χ3v) is 2.05. The molecule has 5 nitrogen and oxygen atoms in total. The molecule has 88 valence electrons. The van der Waals surface area contributed by atoms with Crippen molar-refractivity contribution in [1.29, 1.82) is 0 Å². The van der Waals surface area contributed by atoms with Crippen molar-refractivity contribution in [3.05, 3.63) is 0 Å². The Morgan fingerprint density at radius 2 is 2.07 bits per heavy atom. The molecule has 0 aromatic rings. The van der Waals surface area contributed by atoms with Gasteiger partial charge in [0.1, 0.15) is 6.10 Å². The number of morpholine rings is 1. The summed E-state index contributed by atoms with van der Waals surface area (Å²) in [6.07, 6.45) is -4.65. The van der Waals surface area contributed by atoms with Crippen LogP contribution in [0.4, 0.5) is 13.6 Å². The second-order valence-corrected chi connectivity index (χ2v) is 3.19. The predicted octanol–water partition coefficient (Wildman–Crippen LogP) is -0.346. The maximum Gasteiger partial charge on any atom is 0.317 e. The second-order valence-electron chi connectivity index (χ2n) is 3.19. The van der Waals surface area contributed by atoms with E-state index in [2.05, 4.69) is 5.32 Å². The molecule has 2 amide bonds. The molecular weight excluding hydrogens is 210 g/mol. The van der Waals surface area contributed by atoms with E-state index in [1.165, 1.54) is 4.90 Å². The van der Waals surface area contributed by atoms with Crippen LogP contribution in [0.25, 0.3) is 0 Å². The van der Waals surface area contributed by atoms with Crippen molar-refractivity contribution < 1.29 is 23.4 Å². The largest absolute Gasteiger partial charge is 0.385 e. The summed E-state index contributed by atoms with van der Waals surface area (Å²) in [6.45, 7) is 1.34. The molecule has 1 saturated heterocycles. The lowest BCUT2D eigenvalue weighted by Gasteiger charge is -2.27. The molecule has 0 aliphatic carbocycles. The van der Waals surface area contributed by atoms with Crippen LogP contribution in [0.3, 0.4) is 0 Å². The fourth-order valence-electron chi connectivity index (χ4n) is 1.16. The van der Waals surface area contributed by atoms with Crippen LogP contribution >= 0.6 is 0 Å². The first kappa shape index (κ1) is 12.1. The van der Waals surface area contributed by atoms with E-state index in [9.17, 15) is 13.6 Å². The van der Waals surface area contributed by atoms with Gasteiger partial charge in [0.05, 0.1) is 19.8 Å². The van der Waals surface area contributed by atoms with Crippen LogP contribution in [-0.4, -0.2) is 61.4 Å². The lowest BCUT2D eigenvalue weighted by molar-refractivity contribution is -0.00331. The molecule has 0 bridgehead atoms. The summed E-state index contributed by atoms with van der Waals surface area (Å²) in [6, 6.07) is -0.446. The summed E-state index contributed by atoms with van der Waals surface area (Å²) in [7, 11) is 0. The summed E-state index contributed by atoms with van der Waals surface area (Å²) in [5.41, 5.74) is 0. The number of urea groups is 1. The first-order chi connectivity index (χ1) is 7.11. The number of ether oxygens (including phenoxy) is 1. The monoisotopic (exact) mass is 224 g/mol. The van der Waals surface area contributed by atoms with Crippen molar-refractivity contribution in [2.75, 3.05) is 32.8 Å². The van der Waals surface area contributed by atoms with Gasteiger partial charge in [0, 0.05) is 13.1 Å². The van der Waals surface area contributed by atoms with E-state index in [0.29, 0.717) is 26.3 Å². The van der Waals surface area contributed by atoms with Crippen LogP contribution in [-0.2, 0) is 4.74 Å². The van der Waals surface area contributed by atoms with Crippen molar-refractivity contribution >= 4 is 6.03 Å². The zero-order valence-electron chi connectivity index (χ0n) is 8.16. The first-order valence-corrected chi connectivity index (χ1v) is 4.68. The smallest absolute Gasteiger partial charge is 0.317 e. The molecule has 1 aliphatic heterocycles. The normalized spacial score (nSPS) is 19.1. The van der Waals surface area contributed by atoms with Gasteiger partial charge in [-0.1, -0.05) is 0 Å². The van der Waals surface area contributed by atoms with Gasteiger partial charge in [-0.25, -0.2) is 13.6 Å². The standard InChI is InChI=1S/C8H14F2N2O3/c9-7(10)6(13)5-11-8(14)12-1-3-15-4-2-12/h6-7,13H,1-5H2,(H,11,14). The van der Waals surface area contributed by atoms with E-state index < -0.39 is 25.1 Å². The predicted molar refractivity (Wildman–Crippen MR) is 47.8 cm³/mol. The number of carbonyl (C=O) groups excluding carboxylic acids is 1. The molecule has 0 radical (unpaired) electrons. The molecule has 2 N–H and O–H groups in total. The van der Waals surface area contributed by atoms with Gasteiger partial charge in [0.2, 0.25) is 0 Å². The topological polar surface area (TPSA) is 61.8 Å². The van der Waals surface area contributed by atoms with Crippen LogP contribution in [0, 0.1) is 0 Å². The average Bonchev–Trinajstić information content (AvgIpc) is 2.26. The van der Waals surface area contributed by atoms with Crippen molar-refractivity contribution in [2.45, 2.75) is 12.5 Å². The van der Waals surface area contributed by atoms with E-state index in [1.807, 2.05) is 0 Å². The highest BCUT2D eigenvalue weighted by molar-refractivity contribution is 5.74. The fraction of sp³-hybridized carbons (Fsp3) is 0.875. The van der Waals surface area contributed by atoms with E-state index in [-0.39, 0.29) is 0 Å². The SMILES string of the molecule is O=C(NCC(O)C(F)F)N1CCOCC1. The lowest BCUT2D eigenvalue weighted by Crippen LogP contribution is -2.48. The summed E-state index contributed by atoms with van der Waals surface area (Å²) in [5.74, 6) is 0. The number of nitrogens with zero attached hydrogens (tertiary/aromatic N) is 1. The van der Waals surface area contributed by atoms with Gasteiger partial charge in [-0.3, -0.25) is 0 Å². The zero-order chi connectivity index (χ0) is 11.3. The van der Waals surface area contributed by atoms with Crippen LogP contribution in [0.1, 0.15) is 0 Å². The minimum Gasteiger partial charge on any atom is -0.385 e. The third kappa shape index (κ3) is 3.96. The van der Waals surface area contributed by atoms with Gasteiger partial charge in [-0.2, -0.15) is 0 Å². The summed E-state index contributed by atoms with van der Waals surface area (Å²) < 4.78 is 28.8. The highest BCUT2D eigenvalue weighted by Gasteiger charge is 2.20. The molecule has 1 aliphatic rings. The molecule has 15 heavy (non-hydrogen) atoms. The zero-order valence-corrected chi connectivity index (χ0v) is 8.16. The second kappa shape index (κ2) is 5.82. The highest BCUT2D eigenvalue weighted by atomic mass is 19.3. The number of rotatable bonds is 3. The summed E-state index contributed by atoms with van der Waals surface area (Å²) in [5, 5.41) is 11.0. The Hall–Kier alpha value is -0.950. The van der Waals surface area contributed by atoms with Crippen LogP contribution in [0.5, 0.6) is 0 Å². The van der Waals surface area contributed by atoms with Crippen molar-refractivity contribution in [3.63, 3.8) is 0 Å². The number of nitrogens with one attached hydrogen (secondary N) is 1. The van der Waals surface area contributed by atoms with Gasteiger partial charge in [-0.15, -0.1) is 0 Å². The number of aliphatic hydroxyl groups excluding tert-OH is 1. The van der Waals surface area contributed by atoms with E-state index in [4.69, 9.17) is 9.84 Å². The number of aliphatic hydroxyl groups is 1. The Balaban J connectivity index is 2.22. The van der Waals surface area contributed by atoms with Crippen LogP contribution < -0.4 is 5.32 Å². The molecule has 0 spiro atoms. The molecule has 1 atom stereocenters. The summed E-state index contributed by atoms with van der Waals surface area (Å²) in [4.78, 5) is 12.8. The minimum absolute atomic E-state index is 0.437.